The number of anilines is 1. The number of rotatable bonds is 10. The van der Waals surface area contributed by atoms with Crippen molar-refractivity contribution in [1.29, 1.82) is 0 Å². The van der Waals surface area contributed by atoms with Crippen molar-refractivity contribution in [3.05, 3.63) is 59.7 Å². The molecular formula is C35H44N4O8. The zero-order valence-corrected chi connectivity index (χ0v) is 27.8. The van der Waals surface area contributed by atoms with Gasteiger partial charge in [0.15, 0.2) is 0 Å². The zero-order chi connectivity index (χ0) is 34.3. The van der Waals surface area contributed by atoms with Crippen molar-refractivity contribution in [2.45, 2.75) is 90.6 Å². The number of benzene rings is 2. The molecule has 47 heavy (non-hydrogen) atoms. The molecule has 5 rings (SSSR count). The van der Waals surface area contributed by atoms with Crippen LogP contribution >= 0.6 is 0 Å². The van der Waals surface area contributed by atoms with Crippen LogP contribution in [0.5, 0.6) is 5.75 Å². The number of fused-ring (bicyclic) bond motifs is 2. The van der Waals surface area contributed by atoms with E-state index in [0.29, 0.717) is 23.7 Å². The van der Waals surface area contributed by atoms with E-state index < -0.39 is 47.7 Å². The maximum Gasteiger partial charge on any atom is 0.418 e. The van der Waals surface area contributed by atoms with Gasteiger partial charge in [-0.05, 0) is 70.1 Å². The zero-order valence-electron chi connectivity index (χ0n) is 27.8. The highest BCUT2D eigenvalue weighted by molar-refractivity contribution is 6.06. The van der Waals surface area contributed by atoms with Crippen LogP contribution in [-0.2, 0) is 31.3 Å². The minimum Gasteiger partial charge on any atom is -0.493 e. The van der Waals surface area contributed by atoms with Gasteiger partial charge in [0.25, 0.3) is 5.91 Å². The molecule has 2 fully saturated rings. The number of nitrogens with one attached hydrogen (secondary N) is 1. The van der Waals surface area contributed by atoms with Gasteiger partial charge in [0.05, 0.1) is 6.61 Å². The normalized spacial score (nSPS) is 20.3. The Balaban J connectivity index is 1.35. The second-order valence-corrected chi connectivity index (χ2v) is 14.0. The van der Waals surface area contributed by atoms with Crippen molar-refractivity contribution in [2.75, 3.05) is 18.5 Å². The molecule has 1 saturated heterocycles. The van der Waals surface area contributed by atoms with Crippen molar-refractivity contribution in [2.24, 2.45) is 11.8 Å². The Kier molecular flexibility index (Phi) is 9.25. The minimum atomic E-state index is -1.67. The van der Waals surface area contributed by atoms with Gasteiger partial charge in [-0.2, -0.15) is 0 Å². The van der Waals surface area contributed by atoms with Crippen molar-refractivity contribution >= 4 is 35.6 Å². The van der Waals surface area contributed by atoms with Gasteiger partial charge in [-0.25, -0.2) is 14.5 Å². The van der Waals surface area contributed by atoms with Gasteiger partial charge in [0.1, 0.15) is 18.3 Å². The summed E-state index contributed by atoms with van der Waals surface area (Å²) in [5.74, 6) is -1.21. The molecule has 2 heterocycles. The van der Waals surface area contributed by atoms with Crippen molar-refractivity contribution in [3.8, 4) is 5.75 Å². The van der Waals surface area contributed by atoms with Crippen LogP contribution in [-0.4, -0.2) is 80.5 Å². The third-order valence-corrected chi connectivity index (χ3v) is 9.18. The van der Waals surface area contributed by atoms with Crippen LogP contribution in [0.15, 0.2) is 48.5 Å². The first-order valence-corrected chi connectivity index (χ1v) is 16.1. The van der Waals surface area contributed by atoms with E-state index in [1.54, 1.807) is 51.7 Å². The molecule has 1 saturated carbocycles. The van der Waals surface area contributed by atoms with Crippen LogP contribution in [0.3, 0.4) is 0 Å². The second-order valence-electron chi connectivity index (χ2n) is 14.0. The lowest BCUT2D eigenvalue weighted by molar-refractivity contribution is -0.144. The lowest BCUT2D eigenvalue weighted by Crippen LogP contribution is -2.57. The molecule has 2 aromatic carbocycles. The summed E-state index contributed by atoms with van der Waals surface area (Å²) in [7, 11) is 0. The first kappa shape index (κ1) is 33.7. The summed E-state index contributed by atoms with van der Waals surface area (Å²) in [6.07, 6.45) is 0.000222. The Labute approximate surface area is 275 Å². The molecule has 12 heteroatoms. The summed E-state index contributed by atoms with van der Waals surface area (Å²) in [4.78, 5) is 70.2. The predicted octanol–water partition coefficient (Wildman–Crippen LogP) is 5.21. The number of nitrogens with zero attached hydrogens (tertiary/aromatic N) is 3. The monoisotopic (exact) mass is 648 g/mol. The molecule has 3 aliphatic rings. The van der Waals surface area contributed by atoms with Crippen LogP contribution in [0.2, 0.25) is 0 Å². The molecule has 2 aromatic rings. The molecule has 1 unspecified atom stereocenters. The van der Waals surface area contributed by atoms with E-state index >= 15 is 0 Å². The molecule has 252 valence electrons. The van der Waals surface area contributed by atoms with Crippen LogP contribution in [0.1, 0.15) is 71.9 Å². The smallest absolute Gasteiger partial charge is 0.418 e. The molecule has 2 aliphatic heterocycles. The van der Waals surface area contributed by atoms with Crippen LogP contribution < -0.4 is 10.1 Å². The quantitative estimate of drug-likeness (QED) is 0.357. The molecule has 5 amide bonds. The van der Waals surface area contributed by atoms with Crippen LogP contribution in [0.4, 0.5) is 15.3 Å². The maximum atomic E-state index is 14.0. The Hall–Kier alpha value is -4.61. The third kappa shape index (κ3) is 6.77. The fourth-order valence-electron chi connectivity index (χ4n) is 6.56. The SMILES string of the molecule is CC(C)[C@H](C(=O)Nc1ccc2c(c1)OCCC21OC(=O)N(CC(=O)N(Cc2ccccc2)[C@@H](C)C2CC2)C1=O)N(C(=O)O)C(C)(C)C. The Morgan fingerprint density at radius 3 is 2.34 bits per heavy atom. The lowest BCUT2D eigenvalue weighted by atomic mass is 9.87. The maximum absolute atomic E-state index is 14.0. The van der Waals surface area contributed by atoms with E-state index in [-0.39, 0.29) is 36.6 Å². The second kappa shape index (κ2) is 12.9. The highest BCUT2D eigenvalue weighted by atomic mass is 16.6. The highest BCUT2D eigenvalue weighted by Gasteiger charge is 2.58. The largest absolute Gasteiger partial charge is 0.493 e. The van der Waals surface area contributed by atoms with Gasteiger partial charge >= 0.3 is 12.2 Å². The van der Waals surface area contributed by atoms with E-state index in [9.17, 15) is 29.1 Å². The van der Waals surface area contributed by atoms with E-state index in [0.717, 1.165) is 28.2 Å². The summed E-state index contributed by atoms with van der Waals surface area (Å²) < 4.78 is 11.6. The third-order valence-electron chi connectivity index (χ3n) is 9.18. The summed E-state index contributed by atoms with van der Waals surface area (Å²) in [6, 6.07) is 13.2. The summed E-state index contributed by atoms with van der Waals surface area (Å²) in [5.41, 5.74) is -0.921. The topological polar surface area (TPSA) is 146 Å². The Morgan fingerprint density at radius 1 is 1.06 bits per heavy atom. The molecule has 12 nitrogen and oxygen atoms in total. The molecule has 0 aromatic heterocycles. The molecule has 2 N–H and O–H groups in total. The molecule has 1 aliphatic carbocycles. The highest BCUT2D eigenvalue weighted by Crippen LogP contribution is 2.46. The standard InChI is InChI=1S/C35H44N4O8/c1-21(2)29(39(32(43)44)34(4,5)6)30(41)36-25-14-15-26-27(18-25)46-17-16-35(26)31(42)38(33(45)47-35)20-28(40)37(22(3)24-12-13-24)19-23-10-8-7-9-11-23/h7-11,14-15,18,21-22,24,29H,12-13,16-17,19-20H2,1-6H3,(H,36,41)(H,43,44)/t22-,29+,35?/m0/s1. The fraction of sp³-hybridized carbons (Fsp3) is 0.514. The Bertz CT molecular complexity index is 1550. The fourth-order valence-corrected chi connectivity index (χ4v) is 6.56. The average molecular weight is 649 g/mol. The summed E-state index contributed by atoms with van der Waals surface area (Å²) in [5, 5.41) is 12.7. The number of hydrogen-bond acceptors (Lipinski definition) is 7. The van der Waals surface area contributed by atoms with E-state index in [4.69, 9.17) is 9.47 Å². The van der Waals surface area contributed by atoms with Crippen LogP contribution in [0.25, 0.3) is 0 Å². The number of ether oxygens (including phenoxy) is 2. The van der Waals surface area contributed by atoms with Crippen molar-refractivity contribution < 1.29 is 38.6 Å². The molecule has 0 bridgehead atoms. The molecule has 1 spiro atoms. The lowest BCUT2D eigenvalue weighted by Gasteiger charge is -2.40. The summed E-state index contributed by atoms with van der Waals surface area (Å²) in [6.45, 7) is 10.7. The first-order chi connectivity index (χ1) is 22.1. The van der Waals surface area contributed by atoms with Gasteiger partial charge in [-0.15, -0.1) is 0 Å². The number of imide groups is 1. The minimum absolute atomic E-state index is 0.0511. The van der Waals surface area contributed by atoms with Crippen molar-refractivity contribution in [1.82, 2.24) is 14.7 Å². The molecule has 3 atom stereocenters. The van der Waals surface area contributed by atoms with Gasteiger partial charge in [-0.1, -0.05) is 44.2 Å². The number of carboxylic acid groups (broad SMARTS) is 1. The van der Waals surface area contributed by atoms with Crippen molar-refractivity contribution in [3.63, 3.8) is 0 Å². The van der Waals surface area contributed by atoms with Gasteiger partial charge in [0, 0.05) is 41.9 Å². The van der Waals surface area contributed by atoms with E-state index in [2.05, 4.69) is 5.32 Å². The number of carbonyl (C=O) groups excluding carboxylic acids is 4. The summed E-state index contributed by atoms with van der Waals surface area (Å²) >= 11 is 0. The van der Waals surface area contributed by atoms with Gasteiger partial charge in [-0.3, -0.25) is 19.3 Å². The van der Waals surface area contributed by atoms with Crippen LogP contribution in [0, 0.1) is 11.8 Å². The van der Waals surface area contributed by atoms with E-state index in [1.807, 2.05) is 37.3 Å². The average Bonchev–Trinajstić information content (AvgIpc) is 3.82. The number of amides is 5. The van der Waals surface area contributed by atoms with Gasteiger partial charge < -0.3 is 24.8 Å². The van der Waals surface area contributed by atoms with Gasteiger partial charge in [0.2, 0.25) is 17.4 Å². The molecular weight excluding hydrogens is 604 g/mol. The number of hydrogen-bond donors (Lipinski definition) is 2. The van der Waals surface area contributed by atoms with E-state index in [1.165, 1.54) is 6.07 Å². The Morgan fingerprint density at radius 2 is 1.74 bits per heavy atom. The predicted molar refractivity (Wildman–Crippen MR) is 172 cm³/mol. The first-order valence-electron chi connectivity index (χ1n) is 16.1. The number of carbonyl (C=O) groups is 5. The molecule has 0 radical (unpaired) electrons.